The van der Waals surface area contributed by atoms with Gasteiger partial charge in [0.05, 0.1) is 29.3 Å². The molecule has 1 aromatic carbocycles. The molecule has 6 rings (SSSR count). The van der Waals surface area contributed by atoms with Crippen LogP contribution in [0.1, 0.15) is 66.9 Å². The minimum absolute atomic E-state index is 0.0208. The number of imidazole rings is 1. The van der Waals surface area contributed by atoms with E-state index in [0.717, 1.165) is 50.1 Å². The zero-order chi connectivity index (χ0) is 25.7. The van der Waals surface area contributed by atoms with Crippen LogP contribution in [0, 0.1) is 12.7 Å². The molecule has 4 aromatic rings. The number of likely N-dealkylation sites (tertiary alicyclic amines) is 1. The minimum Gasteiger partial charge on any atom is -0.349 e. The molecule has 0 radical (unpaired) electrons. The first-order valence-corrected chi connectivity index (χ1v) is 13.1. The summed E-state index contributed by atoms with van der Waals surface area (Å²) in [5.41, 5.74) is 4.97. The van der Waals surface area contributed by atoms with E-state index >= 15 is 0 Å². The lowest BCUT2D eigenvalue weighted by molar-refractivity contribution is 0.0947. The van der Waals surface area contributed by atoms with E-state index in [1.807, 2.05) is 0 Å². The third-order valence-corrected chi connectivity index (χ3v) is 7.71. The van der Waals surface area contributed by atoms with Crippen LogP contribution in [0.25, 0.3) is 22.7 Å². The van der Waals surface area contributed by atoms with E-state index in [2.05, 4.69) is 62.1 Å². The number of pyridine rings is 1. The quantitative estimate of drug-likeness (QED) is 0.421. The number of nitrogens with one attached hydrogen (secondary N) is 1. The van der Waals surface area contributed by atoms with Gasteiger partial charge in [0.1, 0.15) is 17.2 Å². The number of hydrogen-bond acceptors (Lipinski definition) is 5. The average Bonchev–Trinajstić information content (AvgIpc) is 3.39. The second-order valence-corrected chi connectivity index (χ2v) is 10.7. The van der Waals surface area contributed by atoms with Crippen LogP contribution in [0.3, 0.4) is 0 Å². The Morgan fingerprint density at radius 2 is 1.89 bits per heavy atom. The molecule has 0 bridgehead atoms. The lowest BCUT2D eigenvalue weighted by atomic mass is 9.90. The molecule has 1 aliphatic carbocycles. The number of piperidine rings is 1. The highest BCUT2D eigenvalue weighted by molar-refractivity contribution is 5.95. The maximum absolute atomic E-state index is 14.6. The second-order valence-electron chi connectivity index (χ2n) is 10.7. The van der Waals surface area contributed by atoms with Gasteiger partial charge in [-0.05, 0) is 94.8 Å². The Balaban J connectivity index is 1.29. The van der Waals surface area contributed by atoms with Crippen molar-refractivity contribution in [3.63, 3.8) is 0 Å². The molecule has 0 unspecified atom stereocenters. The lowest BCUT2D eigenvalue weighted by Gasteiger charge is -2.34. The summed E-state index contributed by atoms with van der Waals surface area (Å²) in [5, 5.41) is 11.6. The van der Waals surface area contributed by atoms with E-state index in [0.29, 0.717) is 28.9 Å². The van der Waals surface area contributed by atoms with Gasteiger partial charge < -0.3 is 10.2 Å². The van der Waals surface area contributed by atoms with Crippen LogP contribution in [0.4, 0.5) is 4.39 Å². The first-order valence-electron chi connectivity index (χ1n) is 13.1. The molecule has 2 aliphatic rings. The first kappa shape index (κ1) is 23.8. The Hall–Kier alpha value is -3.59. The SMILES string of the molecule is Cc1cc(F)c(C(=O)NC2CC2)cc1-n1cc(-c2cnc3ccc(C4CCN(C(C)C)CC4)cn23)nn1. The number of benzene rings is 1. The molecule has 37 heavy (non-hydrogen) atoms. The van der Waals surface area contributed by atoms with Crippen molar-refractivity contribution >= 4 is 11.6 Å². The van der Waals surface area contributed by atoms with Crippen LogP contribution >= 0.6 is 0 Å². The van der Waals surface area contributed by atoms with Gasteiger partial charge in [-0.3, -0.25) is 9.20 Å². The number of amides is 1. The largest absolute Gasteiger partial charge is 0.349 e. The van der Waals surface area contributed by atoms with Crippen molar-refractivity contribution in [3.8, 4) is 17.1 Å². The van der Waals surface area contributed by atoms with E-state index in [4.69, 9.17) is 0 Å². The molecule has 0 spiro atoms. The fourth-order valence-electron chi connectivity index (χ4n) is 5.25. The molecule has 1 N–H and O–H groups in total. The smallest absolute Gasteiger partial charge is 0.254 e. The number of aryl methyl sites for hydroxylation is 1. The second kappa shape index (κ2) is 9.37. The van der Waals surface area contributed by atoms with E-state index in [-0.39, 0.29) is 11.6 Å². The maximum atomic E-state index is 14.6. The maximum Gasteiger partial charge on any atom is 0.254 e. The first-order chi connectivity index (χ1) is 17.9. The van der Waals surface area contributed by atoms with Gasteiger partial charge in [-0.25, -0.2) is 14.1 Å². The summed E-state index contributed by atoms with van der Waals surface area (Å²) in [5.74, 6) is -0.407. The molecule has 1 saturated heterocycles. The van der Waals surface area contributed by atoms with Crippen LogP contribution in [-0.4, -0.2) is 60.4 Å². The van der Waals surface area contributed by atoms with Crippen molar-refractivity contribution in [2.75, 3.05) is 13.1 Å². The van der Waals surface area contributed by atoms with Crippen molar-refractivity contribution in [2.24, 2.45) is 0 Å². The van der Waals surface area contributed by atoms with E-state index in [9.17, 15) is 9.18 Å². The zero-order valence-electron chi connectivity index (χ0n) is 21.5. The molecule has 1 aliphatic heterocycles. The highest BCUT2D eigenvalue weighted by atomic mass is 19.1. The summed E-state index contributed by atoms with van der Waals surface area (Å²) in [6, 6.07) is 7.92. The molecule has 4 heterocycles. The van der Waals surface area contributed by atoms with Gasteiger partial charge >= 0.3 is 0 Å². The number of hydrogen-bond donors (Lipinski definition) is 1. The van der Waals surface area contributed by atoms with Crippen LogP contribution < -0.4 is 5.32 Å². The number of fused-ring (bicyclic) bond motifs is 1. The summed E-state index contributed by atoms with van der Waals surface area (Å²) >= 11 is 0. The standard InChI is InChI=1S/C28H32FN7O/c1-17(2)34-10-8-19(9-11-34)20-4-7-27-30-14-26(35(27)15-20)24-16-36(33-32-24)25-13-22(23(29)12-18(25)3)28(37)31-21-5-6-21/h4,7,12-17,19,21H,5-6,8-11H2,1-3H3,(H,31,37). The Kier molecular flexibility index (Phi) is 6.03. The van der Waals surface area contributed by atoms with E-state index < -0.39 is 11.7 Å². The molecule has 0 atom stereocenters. The van der Waals surface area contributed by atoms with Crippen LogP contribution in [-0.2, 0) is 0 Å². The third kappa shape index (κ3) is 4.64. The molecule has 8 nitrogen and oxygen atoms in total. The van der Waals surface area contributed by atoms with Gasteiger partial charge in [0.15, 0.2) is 0 Å². The molecule has 3 aromatic heterocycles. The summed E-state index contributed by atoms with van der Waals surface area (Å²) in [6.45, 7) is 8.54. The van der Waals surface area contributed by atoms with Crippen LogP contribution in [0.15, 0.2) is 42.9 Å². The number of carbonyl (C=O) groups is 1. The van der Waals surface area contributed by atoms with Crippen molar-refractivity contribution in [1.29, 1.82) is 0 Å². The third-order valence-electron chi connectivity index (χ3n) is 7.71. The average molecular weight is 502 g/mol. The van der Waals surface area contributed by atoms with Gasteiger partial charge in [0.2, 0.25) is 0 Å². The lowest BCUT2D eigenvalue weighted by Crippen LogP contribution is -2.37. The monoisotopic (exact) mass is 501 g/mol. The van der Waals surface area contributed by atoms with Gasteiger partial charge in [0.25, 0.3) is 5.91 Å². The Bertz CT molecular complexity index is 1460. The summed E-state index contributed by atoms with van der Waals surface area (Å²) < 4.78 is 18.3. The van der Waals surface area contributed by atoms with E-state index in [1.54, 1.807) is 30.1 Å². The van der Waals surface area contributed by atoms with Crippen molar-refractivity contribution in [2.45, 2.75) is 64.5 Å². The Labute approximate surface area is 215 Å². The van der Waals surface area contributed by atoms with Gasteiger partial charge in [0, 0.05) is 18.3 Å². The summed E-state index contributed by atoms with van der Waals surface area (Å²) in [6.07, 6.45) is 9.96. The number of aromatic nitrogens is 5. The van der Waals surface area contributed by atoms with Crippen molar-refractivity contribution in [1.82, 2.24) is 34.6 Å². The van der Waals surface area contributed by atoms with Crippen LogP contribution in [0.5, 0.6) is 0 Å². The molecular formula is C28H32FN7O. The minimum atomic E-state index is -0.534. The molecule has 2 fully saturated rings. The summed E-state index contributed by atoms with van der Waals surface area (Å²) in [4.78, 5) is 19.7. The molecule has 9 heteroatoms. The number of carbonyl (C=O) groups excluding carboxylic acids is 1. The summed E-state index contributed by atoms with van der Waals surface area (Å²) in [7, 11) is 0. The predicted molar refractivity (Wildman–Crippen MR) is 139 cm³/mol. The normalized spacial score (nSPS) is 17.1. The van der Waals surface area contributed by atoms with Gasteiger partial charge in [-0.15, -0.1) is 5.10 Å². The number of nitrogens with zero attached hydrogens (tertiary/aromatic N) is 6. The van der Waals surface area contributed by atoms with Gasteiger partial charge in [-0.2, -0.15) is 0 Å². The van der Waals surface area contributed by atoms with Gasteiger partial charge in [-0.1, -0.05) is 11.3 Å². The Morgan fingerprint density at radius 1 is 1.11 bits per heavy atom. The number of halogens is 1. The fraction of sp³-hybridized carbons (Fsp3) is 0.429. The number of rotatable bonds is 6. The fourth-order valence-corrected chi connectivity index (χ4v) is 5.25. The van der Waals surface area contributed by atoms with Crippen LogP contribution in [0.2, 0.25) is 0 Å². The molecule has 192 valence electrons. The predicted octanol–water partition coefficient (Wildman–Crippen LogP) is 4.51. The highest BCUT2D eigenvalue weighted by Gasteiger charge is 2.26. The molecular weight excluding hydrogens is 469 g/mol. The van der Waals surface area contributed by atoms with E-state index in [1.165, 1.54) is 11.6 Å². The Morgan fingerprint density at radius 3 is 2.62 bits per heavy atom. The zero-order valence-corrected chi connectivity index (χ0v) is 21.5. The molecule has 1 amide bonds. The topological polar surface area (TPSA) is 80.4 Å². The van der Waals surface area contributed by atoms with Crippen molar-refractivity contribution < 1.29 is 9.18 Å². The highest BCUT2D eigenvalue weighted by Crippen LogP contribution is 2.30. The molecule has 1 saturated carbocycles. The van der Waals surface area contributed by atoms with Crippen molar-refractivity contribution in [3.05, 3.63) is 65.4 Å².